The monoisotopic (exact) mass is 251 g/mol. The van der Waals surface area contributed by atoms with Crippen LogP contribution in [0.2, 0.25) is 0 Å². The van der Waals surface area contributed by atoms with E-state index in [1.807, 2.05) is 0 Å². The molecular weight excluding hydrogens is 230 g/mol. The van der Waals surface area contributed by atoms with E-state index in [2.05, 4.69) is 20.8 Å². The van der Waals surface area contributed by atoms with Gasteiger partial charge in [0.05, 0.1) is 19.3 Å². The van der Waals surface area contributed by atoms with Gasteiger partial charge in [0.25, 0.3) is 5.91 Å². The number of amides is 1. The van der Waals surface area contributed by atoms with E-state index < -0.39 is 5.91 Å². The smallest absolute Gasteiger partial charge is 0.252 e. The average Bonchev–Trinajstić information content (AvgIpc) is 2.27. The zero-order valence-electron chi connectivity index (χ0n) is 11.4. The molecular formula is C14H21NO3. The van der Waals surface area contributed by atoms with Gasteiger partial charge in [0.2, 0.25) is 0 Å². The van der Waals surface area contributed by atoms with Gasteiger partial charge in [0.15, 0.2) is 11.5 Å². The van der Waals surface area contributed by atoms with Crippen LogP contribution in [-0.4, -0.2) is 19.6 Å². The Labute approximate surface area is 108 Å². The highest BCUT2D eigenvalue weighted by atomic mass is 16.5. The van der Waals surface area contributed by atoms with Crippen molar-refractivity contribution in [2.75, 3.05) is 13.7 Å². The third-order valence-electron chi connectivity index (χ3n) is 2.56. The van der Waals surface area contributed by atoms with E-state index in [0.717, 1.165) is 6.42 Å². The first kappa shape index (κ1) is 14.4. The number of hydrogen-bond acceptors (Lipinski definition) is 3. The van der Waals surface area contributed by atoms with Crippen molar-refractivity contribution in [1.29, 1.82) is 0 Å². The minimum absolute atomic E-state index is 0.175. The van der Waals surface area contributed by atoms with E-state index in [1.165, 1.54) is 7.11 Å². The molecule has 0 saturated heterocycles. The van der Waals surface area contributed by atoms with E-state index in [4.69, 9.17) is 15.2 Å². The summed E-state index contributed by atoms with van der Waals surface area (Å²) < 4.78 is 10.9. The van der Waals surface area contributed by atoms with E-state index in [-0.39, 0.29) is 5.41 Å². The van der Waals surface area contributed by atoms with Gasteiger partial charge in [-0.25, -0.2) is 0 Å². The number of benzene rings is 1. The lowest BCUT2D eigenvalue weighted by Crippen LogP contribution is -2.16. The van der Waals surface area contributed by atoms with Crippen molar-refractivity contribution in [3.63, 3.8) is 0 Å². The summed E-state index contributed by atoms with van der Waals surface area (Å²) in [6.07, 6.45) is 0.878. The Bertz CT molecular complexity index is 422. The lowest BCUT2D eigenvalue weighted by molar-refractivity contribution is 0.0995. The molecule has 1 amide bonds. The molecule has 0 aliphatic carbocycles. The van der Waals surface area contributed by atoms with Crippen LogP contribution in [-0.2, 0) is 0 Å². The zero-order chi connectivity index (χ0) is 13.8. The van der Waals surface area contributed by atoms with Crippen LogP contribution in [0, 0.1) is 5.41 Å². The van der Waals surface area contributed by atoms with Crippen LogP contribution >= 0.6 is 0 Å². The first-order valence-corrected chi connectivity index (χ1v) is 5.95. The molecule has 0 atom stereocenters. The Balaban J connectivity index is 2.88. The van der Waals surface area contributed by atoms with E-state index in [1.54, 1.807) is 18.2 Å². The Hall–Kier alpha value is -1.71. The first-order chi connectivity index (χ1) is 8.35. The number of hydrogen-bond donors (Lipinski definition) is 1. The SMILES string of the molecule is COc1cccc(C(N)=O)c1OCCC(C)(C)C. The summed E-state index contributed by atoms with van der Waals surface area (Å²) in [5, 5.41) is 0. The van der Waals surface area contributed by atoms with Crippen molar-refractivity contribution >= 4 is 5.91 Å². The first-order valence-electron chi connectivity index (χ1n) is 5.95. The number of methoxy groups -OCH3 is 1. The minimum Gasteiger partial charge on any atom is -0.493 e. The van der Waals surface area contributed by atoms with Crippen molar-refractivity contribution in [3.8, 4) is 11.5 Å². The molecule has 100 valence electrons. The van der Waals surface area contributed by atoms with Crippen LogP contribution in [0.25, 0.3) is 0 Å². The molecule has 4 heteroatoms. The molecule has 0 heterocycles. The number of primary amides is 1. The third-order valence-corrected chi connectivity index (χ3v) is 2.56. The van der Waals surface area contributed by atoms with Gasteiger partial charge >= 0.3 is 0 Å². The molecule has 0 aliphatic heterocycles. The van der Waals surface area contributed by atoms with Crippen molar-refractivity contribution in [3.05, 3.63) is 23.8 Å². The molecule has 0 saturated carbocycles. The molecule has 1 aromatic rings. The summed E-state index contributed by atoms with van der Waals surface area (Å²) in [5.41, 5.74) is 5.85. The molecule has 0 fully saturated rings. The van der Waals surface area contributed by atoms with Crippen molar-refractivity contribution in [2.24, 2.45) is 11.1 Å². The highest BCUT2D eigenvalue weighted by molar-refractivity contribution is 5.96. The van der Waals surface area contributed by atoms with Crippen molar-refractivity contribution < 1.29 is 14.3 Å². The van der Waals surface area contributed by atoms with Crippen LogP contribution < -0.4 is 15.2 Å². The molecule has 1 rings (SSSR count). The lowest BCUT2D eigenvalue weighted by Gasteiger charge is -2.19. The average molecular weight is 251 g/mol. The van der Waals surface area contributed by atoms with Gasteiger partial charge in [-0.1, -0.05) is 26.8 Å². The molecule has 18 heavy (non-hydrogen) atoms. The van der Waals surface area contributed by atoms with Crippen molar-refractivity contribution in [1.82, 2.24) is 0 Å². The Morgan fingerprint density at radius 2 is 2.00 bits per heavy atom. The number of carbonyl (C=O) groups is 1. The fraction of sp³-hybridized carbons (Fsp3) is 0.500. The Kier molecular flexibility index (Phi) is 4.59. The highest BCUT2D eigenvalue weighted by Gasteiger charge is 2.16. The quantitative estimate of drug-likeness (QED) is 0.875. The summed E-state index contributed by atoms with van der Waals surface area (Å²) in [7, 11) is 1.54. The summed E-state index contributed by atoms with van der Waals surface area (Å²) in [6.45, 7) is 6.92. The van der Waals surface area contributed by atoms with E-state index >= 15 is 0 Å². The minimum atomic E-state index is -0.514. The van der Waals surface area contributed by atoms with Crippen LogP contribution in [0.15, 0.2) is 18.2 Å². The number of ether oxygens (including phenoxy) is 2. The van der Waals surface area contributed by atoms with Gasteiger partial charge in [-0.2, -0.15) is 0 Å². The topological polar surface area (TPSA) is 61.5 Å². The van der Waals surface area contributed by atoms with Crippen molar-refractivity contribution in [2.45, 2.75) is 27.2 Å². The van der Waals surface area contributed by atoms with E-state index in [0.29, 0.717) is 23.7 Å². The predicted molar refractivity (Wildman–Crippen MR) is 71.1 cm³/mol. The second-order valence-corrected chi connectivity index (χ2v) is 5.36. The maximum absolute atomic E-state index is 11.3. The van der Waals surface area contributed by atoms with E-state index in [9.17, 15) is 4.79 Å². The largest absolute Gasteiger partial charge is 0.493 e. The van der Waals surface area contributed by atoms with Gasteiger partial charge in [-0.3, -0.25) is 4.79 Å². The van der Waals surface area contributed by atoms with Crippen LogP contribution in [0.5, 0.6) is 11.5 Å². The van der Waals surface area contributed by atoms with Crippen LogP contribution in [0.4, 0.5) is 0 Å². The molecule has 0 bridgehead atoms. The molecule has 0 spiro atoms. The van der Waals surface area contributed by atoms with Gasteiger partial charge in [0.1, 0.15) is 0 Å². The zero-order valence-corrected chi connectivity index (χ0v) is 11.4. The summed E-state index contributed by atoms with van der Waals surface area (Å²) in [5.74, 6) is 0.441. The number of rotatable bonds is 5. The molecule has 0 radical (unpaired) electrons. The summed E-state index contributed by atoms with van der Waals surface area (Å²) in [6, 6.07) is 5.10. The fourth-order valence-electron chi connectivity index (χ4n) is 1.48. The Morgan fingerprint density at radius 3 is 2.50 bits per heavy atom. The Morgan fingerprint density at radius 1 is 1.33 bits per heavy atom. The molecule has 2 N–H and O–H groups in total. The summed E-state index contributed by atoms with van der Waals surface area (Å²) in [4.78, 5) is 11.3. The van der Waals surface area contributed by atoms with Gasteiger partial charge in [0, 0.05) is 0 Å². The third kappa shape index (κ3) is 3.95. The number of nitrogens with two attached hydrogens (primary N) is 1. The maximum Gasteiger partial charge on any atom is 0.252 e. The molecule has 0 aromatic heterocycles. The standard InChI is InChI=1S/C14H21NO3/c1-14(2,3)8-9-18-12-10(13(15)16)6-5-7-11(12)17-4/h5-7H,8-9H2,1-4H3,(H2,15,16). The van der Waals surface area contributed by atoms with Gasteiger partial charge < -0.3 is 15.2 Å². The second-order valence-electron chi connectivity index (χ2n) is 5.36. The molecule has 0 aliphatic rings. The maximum atomic E-state index is 11.3. The van der Waals surface area contributed by atoms with Gasteiger partial charge in [-0.05, 0) is 24.0 Å². The van der Waals surface area contributed by atoms with Crippen LogP contribution in [0.1, 0.15) is 37.6 Å². The molecule has 1 aromatic carbocycles. The summed E-state index contributed by atoms with van der Waals surface area (Å²) >= 11 is 0. The lowest BCUT2D eigenvalue weighted by atomic mass is 9.93. The highest BCUT2D eigenvalue weighted by Crippen LogP contribution is 2.31. The number of para-hydroxylation sites is 1. The molecule has 0 unspecified atom stereocenters. The fourth-order valence-corrected chi connectivity index (χ4v) is 1.48. The normalized spacial score (nSPS) is 11.1. The van der Waals surface area contributed by atoms with Crippen LogP contribution in [0.3, 0.4) is 0 Å². The van der Waals surface area contributed by atoms with Gasteiger partial charge in [-0.15, -0.1) is 0 Å². The second kappa shape index (κ2) is 5.76. The molecule has 4 nitrogen and oxygen atoms in total. The number of carbonyl (C=O) groups excluding carboxylic acids is 1. The predicted octanol–water partition coefficient (Wildman–Crippen LogP) is 2.61.